The second-order valence-electron chi connectivity index (χ2n) is 9.35. The second kappa shape index (κ2) is 9.79. The summed E-state index contributed by atoms with van der Waals surface area (Å²) < 4.78 is 17.0. The Balaban J connectivity index is 1.63. The Morgan fingerprint density at radius 2 is 1.86 bits per heavy atom. The maximum Gasteiger partial charge on any atom is 0.422 e. The van der Waals surface area contributed by atoms with E-state index in [0.29, 0.717) is 17.0 Å². The smallest absolute Gasteiger partial charge is 0.422 e. The summed E-state index contributed by atoms with van der Waals surface area (Å²) in [5, 5.41) is 11.8. The number of aromatic nitrogens is 1. The van der Waals surface area contributed by atoms with Gasteiger partial charge in [-0.2, -0.15) is 0 Å². The summed E-state index contributed by atoms with van der Waals surface area (Å²) in [7, 11) is 1.59. The van der Waals surface area contributed by atoms with Gasteiger partial charge in [0.25, 0.3) is 0 Å². The zero-order valence-electron chi connectivity index (χ0n) is 20.1. The molecule has 1 aliphatic rings. The van der Waals surface area contributed by atoms with Crippen LogP contribution in [0.1, 0.15) is 27.2 Å². The Bertz CT molecular complexity index is 1220. The van der Waals surface area contributed by atoms with Crippen molar-refractivity contribution in [3.63, 3.8) is 0 Å². The molecule has 0 aliphatic carbocycles. The second-order valence-corrected chi connectivity index (χ2v) is 9.35. The lowest BCUT2D eigenvalue weighted by atomic mass is 10.1. The zero-order valence-corrected chi connectivity index (χ0v) is 20.1. The van der Waals surface area contributed by atoms with E-state index in [1.165, 1.54) is 5.01 Å². The largest absolute Gasteiger partial charge is 0.497 e. The Kier molecular flexibility index (Phi) is 6.79. The van der Waals surface area contributed by atoms with Gasteiger partial charge in [0, 0.05) is 29.5 Å². The number of benzene rings is 2. The predicted octanol–water partition coefficient (Wildman–Crippen LogP) is 4.26. The lowest BCUT2D eigenvalue weighted by Crippen LogP contribution is -2.49. The highest BCUT2D eigenvalue weighted by molar-refractivity contribution is 5.89. The molecule has 4 rings (SSSR count). The predicted molar refractivity (Wildman–Crippen MR) is 130 cm³/mol. The van der Waals surface area contributed by atoms with E-state index in [0.717, 1.165) is 16.6 Å². The first kappa shape index (κ1) is 24.3. The monoisotopic (exact) mass is 479 g/mol. The molecule has 1 aromatic heterocycles. The molecule has 1 aliphatic heterocycles. The van der Waals surface area contributed by atoms with Gasteiger partial charge in [-0.25, -0.2) is 14.8 Å². The fourth-order valence-corrected chi connectivity index (χ4v) is 4.00. The summed E-state index contributed by atoms with van der Waals surface area (Å²) in [5.41, 5.74) is 4.18. The number of aliphatic carboxylic acids is 1. The van der Waals surface area contributed by atoms with Gasteiger partial charge in [0.05, 0.1) is 24.9 Å². The number of nitrogens with zero attached hydrogens (tertiary/aromatic N) is 2. The fourth-order valence-electron chi connectivity index (χ4n) is 4.00. The van der Waals surface area contributed by atoms with E-state index >= 15 is 0 Å². The molecule has 2 aromatic carbocycles. The summed E-state index contributed by atoms with van der Waals surface area (Å²) in [5.74, 6) is 0.187. The number of hydrazine groups is 1. The first-order valence-electron chi connectivity index (χ1n) is 11.3. The third-order valence-electron chi connectivity index (χ3n) is 5.52. The van der Waals surface area contributed by atoms with Crippen LogP contribution < -0.4 is 14.9 Å². The number of carbonyl (C=O) groups is 2. The fraction of sp³-hybridized carbons (Fsp3) is 0.346. The molecule has 0 spiro atoms. The molecule has 0 radical (unpaired) electrons. The zero-order chi connectivity index (χ0) is 25.2. The minimum atomic E-state index is -1.05. The number of amides is 1. The van der Waals surface area contributed by atoms with Gasteiger partial charge in [0.1, 0.15) is 29.2 Å². The van der Waals surface area contributed by atoms with E-state index in [9.17, 15) is 14.7 Å². The number of carboxylic acids is 1. The molecule has 184 valence electrons. The lowest BCUT2D eigenvalue weighted by Gasteiger charge is -2.25. The van der Waals surface area contributed by atoms with Crippen molar-refractivity contribution in [3.05, 3.63) is 54.6 Å². The van der Waals surface area contributed by atoms with E-state index in [2.05, 4.69) is 5.43 Å². The highest BCUT2D eigenvalue weighted by atomic mass is 16.6. The molecule has 9 heteroatoms. The average molecular weight is 480 g/mol. The quantitative estimate of drug-likeness (QED) is 0.540. The molecule has 2 N–H and O–H groups in total. The van der Waals surface area contributed by atoms with Crippen molar-refractivity contribution in [2.75, 3.05) is 13.7 Å². The first-order chi connectivity index (χ1) is 16.6. The number of nitrogens with one attached hydrogen (secondary N) is 1. The number of methoxy groups -OCH3 is 1. The minimum Gasteiger partial charge on any atom is -0.497 e. The summed E-state index contributed by atoms with van der Waals surface area (Å²) in [4.78, 5) is 28.9. The number of pyridine rings is 1. The maximum absolute atomic E-state index is 12.3. The minimum absolute atomic E-state index is 0.177. The van der Waals surface area contributed by atoms with Crippen LogP contribution in [0.15, 0.2) is 54.6 Å². The molecule has 2 heterocycles. The number of carboxylic acid groups (broad SMARTS) is 1. The Labute approximate surface area is 203 Å². The summed E-state index contributed by atoms with van der Waals surface area (Å²) in [6.07, 6.45) is -1.01. The molecular formula is C26H29N3O6. The van der Waals surface area contributed by atoms with Crippen LogP contribution in [-0.4, -0.2) is 58.6 Å². The van der Waals surface area contributed by atoms with E-state index in [1.807, 2.05) is 54.6 Å². The molecule has 1 saturated heterocycles. The maximum atomic E-state index is 12.3. The molecule has 2 atom stereocenters. The van der Waals surface area contributed by atoms with E-state index in [4.69, 9.17) is 19.2 Å². The highest BCUT2D eigenvalue weighted by Crippen LogP contribution is 2.34. The van der Waals surface area contributed by atoms with Gasteiger partial charge >= 0.3 is 12.1 Å². The van der Waals surface area contributed by atoms with Gasteiger partial charge in [-0.15, -0.1) is 0 Å². The van der Waals surface area contributed by atoms with Crippen LogP contribution in [0.5, 0.6) is 11.5 Å². The van der Waals surface area contributed by atoms with Gasteiger partial charge in [0.2, 0.25) is 0 Å². The Hall–Kier alpha value is -3.85. The molecule has 0 saturated carbocycles. The van der Waals surface area contributed by atoms with Gasteiger partial charge < -0.3 is 19.3 Å². The standard InChI is InChI=1S/C26H29N3O6/c1-26(2,3)35-25(32)28-29-15-18(13-22(29)24(30)31)34-23-14-20(16-8-6-5-7-9-16)27-21-12-17(33-4)10-11-19(21)23/h5-12,14,18,22H,13,15H2,1-4H3,(H,28,32)(H,30,31)/t18-,22+/m1/s1. The average Bonchev–Trinajstić information content (AvgIpc) is 3.20. The third-order valence-corrected chi connectivity index (χ3v) is 5.52. The van der Waals surface area contributed by atoms with Crippen molar-refractivity contribution >= 4 is 23.0 Å². The van der Waals surface area contributed by atoms with Crippen molar-refractivity contribution < 1.29 is 28.9 Å². The van der Waals surface area contributed by atoms with Crippen molar-refractivity contribution in [1.82, 2.24) is 15.4 Å². The van der Waals surface area contributed by atoms with Crippen molar-refractivity contribution in [2.45, 2.75) is 44.9 Å². The molecule has 1 amide bonds. The van der Waals surface area contributed by atoms with Crippen LogP contribution in [0.4, 0.5) is 4.79 Å². The lowest BCUT2D eigenvalue weighted by molar-refractivity contribution is -0.143. The van der Waals surface area contributed by atoms with Crippen molar-refractivity contribution in [1.29, 1.82) is 0 Å². The summed E-state index contributed by atoms with van der Waals surface area (Å²) in [6.45, 7) is 5.40. The highest BCUT2D eigenvalue weighted by Gasteiger charge is 2.40. The molecular weight excluding hydrogens is 450 g/mol. The van der Waals surface area contributed by atoms with Crippen LogP contribution in [0.2, 0.25) is 0 Å². The van der Waals surface area contributed by atoms with Gasteiger partial charge in [-0.05, 0) is 32.9 Å². The first-order valence-corrected chi connectivity index (χ1v) is 11.3. The topological polar surface area (TPSA) is 110 Å². The molecule has 3 aromatic rings. The Morgan fingerprint density at radius 1 is 1.11 bits per heavy atom. The number of hydrogen-bond acceptors (Lipinski definition) is 7. The van der Waals surface area contributed by atoms with Crippen LogP contribution in [0.3, 0.4) is 0 Å². The van der Waals surface area contributed by atoms with Crippen LogP contribution in [0, 0.1) is 0 Å². The number of rotatable bonds is 6. The summed E-state index contributed by atoms with van der Waals surface area (Å²) in [6, 6.07) is 16.1. The van der Waals surface area contributed by atoms with Crippen molar-refractivity contribution in [2.24, 2.45) is 0 Å². The van der Waals surface area contributed by atoms with E-state index < -0.39 is 29.8 Å². The number of fused-ring (bicyclic) bond motifs is 1. The molecule has 35 heavy (non-hydrogen) atoms. The van der Waals surface area contributed by atoms with Crippen molar-refractivity contribution in [3.8, 4) is 22.8 Å². The van der Waals surface area contributed by atoms with E-state index in [1.54, 1.807) is 27.9 Å². The van der Waals surface area contributed by atoms with Gasteiger partial charge in [-0.1, -0.05) is 30.3 Å². The SMILES string of the molecule is COc1ccc2c(O[C@@H]3C[C@@H](C(=O)O)N(NC(=O)OC(C)(C)C)C3)cc(-c3ccccc3)nc2c1. The number of hydrogen-bond donors (Lipinski definition) is 2. The van der Waals surface area contributed by atoms with Crippen LogP contribution in [0.25, 0.3) is 22.2 Å². The molecule has 0 bridgehead atoms. The van der Waals surface area contributed by atoms with Gasteiger partial charge in [-0.3, -0.25) is 10.2 Å². The Morgan fingerprint density at radius 3 is 2.51 bits per heavy atom. The number of ether oxygens (including phenoxy) is 3. The molecule has 9 nitrogen and oxygen atoms in total. The normalized spacial score (nSPS) is 18.3. The molecule has 0 unspecified atom stereocenters. The van der Waals surface area contributed by atoms with Crippen LogP contribution >= 0.6 is 0 Å². The van der Waals surface area contributed by atoms with E-state index in [-0.39, 0.29) is 13.0 Å². The van der Waals surface area contributed by atoms with Crippen LogP contribution in [-0.2, 0) is 9.53 Å². The number of carbonyl (C=O) groups excluding carboxylic acids is 1. The van der Waals surface area contributed by atoms with Gasteiger partial charge in [0.15, 0.2) is 0 Å². The molecule has 1 fully saturated rings. The summed E-state index contributed by atoms with van der Waals surface area (Å²) >= 11 is 0. The third kappa shape index (κ3) is 5.81.